The number of nitrogens with zero attached hydrogens (tertiary/aromatic N) is 4. The van der Waals surface area contributed by atoms with Gasteiger partial charge in [0, 0.05) is 12.3 Å². The Labute approximate surface area is 162 Å². The number of nitrogens with one attached hydrogen (secondary N) is 1. The van der Waals surface area contributed by atoms with Crippen LogP contribution in [0, 0.1) is 17.1 Å². The molecule has 3 rings (SSSR count). The van der Waals surface area contributed by atoms with Crippen LogP contribution in [0.5, 0.6) is 11.8 Å². The van der Waals surface area contributed by atoms with Gasteiger partial charge in [-0.05, 0) is 12.1 Å². The number of hydrogen-bond donors (Lipinski definition) is 1. The number of alkyl halides is 2. The number of pyridine rings is 2. The zero-order valence-corrected chi connectivity index (χ0v) is 15.5. The maximum atomic E-state index is 14.1. The summed E-state index contributed by atoms with van der Waals surface area (Å²) >= 11 is 0. The van der Waals surface area contributed by atoms with Crippen LogP contribution in [0.3, 0.4) is 0 Å². The Morgan fingerprint density at radius 2 is 2.10 bits per heavy atom. The molecule has 0 spiro atoms. The van der Waals surface area contributed by atoms with Crippen molar-refractivity contribution in [2.45, 2.75) is 11.5 Å². The van der Waals surface area contributed by atoms with Gasteiger partial charge in [-0.3, -0.25) is 9.12 Å². The maximum absolute atomic E-state index is 14.1. The standard InChI is InChI=1S/C16H12F3N5O4S/c1-27-16-11(5-10(17)15(22-16)28-8-12(18)19)23-29(25,26)14-7-21-13-4-9(6-20)2-3-24(13)14/h2-5,7,12,23H,8H2,1H3. The third kappa shape index (κ3) is 4.16. The number of halogens is 3. The van der Waals surface area contributed by atoms with Crippen LogP contribution in [0.4, 0.5) is 18.9 Å². The van der Waals surface area contributed by atoms with E-state index in [4.69, 9.17) is 10.00 Å². The van der Waals surface area contributed by atoms with E-state index in [0.29, 0.717) is 6.07 Å². The molecule has 0 saturated heterocycles. The molecule has 0 amide bonds. The van der Waals surface area contributed by atoms with E-state index in [1.54, 1.807) is 0 Å². The van der Waals surface area contributed by atoms with Crippen molar-refractivity contribution < 1.29 is 31.1 Å². The maximum Gasteiger partial charge on any atom is 0.279 e. The highest BCUT2D eigenvalue weighted by Crippen LogP contribution is 2.30. The number of nitriles is 1. The number of methoxy groups -OCH3 is 1. The summed E-state index contributed by atoms with van der Waals surface area (Å²) in [6.07, 6.45) is -0.459. The highest BCUT2D eigenvalue weighted by Gasteiger charge is 2.24. The highest BCUT2D eigenvalue weighted by atomic mass is 32.2. The molecule has 29 heavy (non-hydrogen) atoms. The van der Waals surface area contributed by atoms with Crippen LogP contribution in [0.2, 0.25) is 0 Å². The number of sulfonamides is 1. The summed E-state index contributed by atoms with van der Waals surface area (Å²) in [4.78, 5) is 7.51. The van der Waals surface area contributed by atoms with Gasteiger partial charge in [0.15, 0.2) is 17.5 Å². The van der Waals surface area contributed by atoms with E-state index >= 15 is 0 Å². The molecule has 13 heteroatoms. The molecule has 0 aliphatic heterocycles. The quantitative estimate of drug-likeness (QED) is 0.614. The van der Waals surface area contributed by atoms with Crippen LogP contribution < -0.4 is 14.2 Å². The minimum absolute atomic E-state index is 0.205. The summed E-state index contributed by atoms with van der Waals surface area (Å²) in [5.74, 6) is -2.32. The van der Waals surface area contributed by atoms with Crippen molar-refractivity contribution in [1.29, 1.82) is 5.26 Å². The predicted molar refractivity (Wildman–Crippen MR) is 93.0 cm³/mol. The molecule has 0 fully saturated rings. The fraction of sp³-hybridized carbons (Fsp3) is 0.188. The minimum atomic E-state index is -4.28. The van der Waals surface area contributed by atoms with Crippen LogP contribution >= 0.6 is 0 Å². The van der Waals surface area contributed by atoms with Crippen molar-refractivity contribution >= 4 is 21.4 Å². The van der Waals surface area contributed by atoms with E-state index in [1.165, 1.54) is 22.7 Å². The fourth-order valence-electron chi connectivity index (χ4n) is 2.35. The predicted octanol–water partition coefficient (Wildman–Crippen LogP) is 2.19. The van der Waals surface area contributed by atoms with Crippen molar-refractivity contribution in [2.24, 2.45) is 0 Å². The van der Waals surface area contributed by atoms with Gasteiger partial charge >= 0.3 is 0 Å². The normalized spacial score (nSPS) is 11.4. The lowest BCUT2D eigenvalue weighted by molar-refractivity contribution is 0.0770. The Balaban J connectivity index is 1.96. The van der Waals surface area contributed by atoms with Crippen LogP contribution in [0.25, 0.3) is 5.65 Å². The number of aromatic nitrogens is 3. The Kier molecular flexibility index (Phi) is 5.46. The Morgan fingerprint density at radius 1 is 1.34 bits per heavy atom. The number of imidazole rings is 1. The first-order chi connectivity index (χ1) is 13.7. The summed E-state index contributed by atoms with van der Waals surface area (Å²) in [7, 11) is -3.15. The van der Waals surface area contributed by atoms with Crippen LogP contribution in [-0.2, 0) is 10.0 Å². The Hall–Kier alpha value is -3.53. The fourth-order valence-corrected chi connectivity index (χ4v) is 3.50. The minimum Gasteiger partial charge on any atom is -0.479 e. The van der Waals surface area contributed by atoms with Crippen LogP contribution in [-0.4, -0.2) is 42.9 Å². The average Bonchev–Trinajstić information content (AvgIpc) is 3.11. The van der Waals surface area contributed by atoms with Gasteiger partial charge in [0.25, 0.3) is 22.3 Å². The largest absolute Gasteiger partial charge is 0.479 e. The molecule has 0 unspecified atom stereocenters. The Bertz CT molecular complexity index is 1210. The van der Waals surface area contributed by atoms with E-state index in [9.17, 15) is 21.6 Å². The monoisotopic (exact) mass is 427 g/mol. The SMILES string of the molecule is COc1nc(OCC(F)F)c(F)cc1NS(=O)(=O)c1cnc2cc(C#N)ccn12. The van der Waals surface area contributed by atoms with Crippen LogP contribution in [0.15, 0.2) is 35.6 Å². The van der Waals surface area contributed by atoms with Gasteiger partial charge in [0.1, 0.15) is 11.3 Å². The summed E-state index contributed by atoms with van der Waals surface area (Å²) in [6, 6.07) is 5.38. The molecule has 3 heterocycles. The van der Waals surface area contributed by atoms with Gasteiger partial charge in [-0.1, -0.05) is 0 Å². The average molecular weight is 427 g/mol. The number of ether oxygens (including phenoxy) is 2. The first kappa shape index (κ1) is 20.2. The molecule has 0 saturated carbocycles. The lowest BCUT2D eigenvalue weighted by atomic mass is 10.3. The van der Waals surface area contributed by atoms with Gasteiger partial charge in [0.2, 0.25) is 5.88 Å². The molecule has 0 bridgehead atoms. The van der Waals surface area contributed by atoms with Crippen molar-refractivity contribution in [1.82, 2.24) is 14.4 Å². The molecule has 0 radical (unpaired) electrons. The van der Waals surface area contributed by atoms with Gasteiger partial charge in [-0.25, -0.2) is 18.2 Å². The molecule has 0 aliphatic rings. The second kappa shape index (κ2) is 7.84. The smallest absolute Gasteiger partial charge is 0.279 e. The summed E-state index contributed by atoms with van der Waals surface area (Å²) in [6.45, 7) is -1.09. The molecule has 3 aromatic rings. The zero-order chi connectivity index (χ0) is 21.2. The lowest BCUT2D eigenvalue weighted by Crippen LogP contribution is -2.17. The van der Waals surface area contributed by atoms with Gasteiger partial charge in [-0.2, -0.15) is 18.7 Å². The molecule has 9 nitrogen and oxygen atoms in total. The Morgan fingerprint density at radius 3 is 2.76 bits per heavy atom. The van der Waals surface area contributed by atoms with Gasteiger partial charge in [-0.15, -0.1) is 0 Å². The molecule has 0 aromatic carbocycles. The van der Waals surface area contributed by atoms with Crippen molar-refractivity contribution in [2.75, 3.05) is 18.4 Å². The topological polar surface area (TPSA) is 119 Å². The molecule has 0 atom stereocenters. The van der Waals surface area contributed by atoms with E-state index < -0.39 is 34.8 Å². The van der Waals surface area contributed by atoms with E-state index in [2.05, 4.69) is 19.4 Å². The lowest BCUT2D eigenvalue weighted by Gasteiger charge is -2.13. The summed E-state index contributed by atoms with van der Waals surface area (Å²) in [5.41, 5.74) is 0.113. The van der Waals surface area contributed by atoms with Crippen molar-refractivity contribution in [3.63, 3.8) is 0 Å². The van der Waals surface area contributed by atoms with Crippen LogP contribution in [0.1, 0.15) is 5.56 Å². The molecular formula is C16H12F3N5O4S. The highest BCUT2D eigenvalue weighted by molar-refractivity contribution is 7.92. The summed E-state index contributed by atoms with van der Waals surface area (Å²) in [5, 5.41) is 8.61. The number of rotatable bonds is 7. The third-order valence-corrected chi connectivity index (χ3v) is 4.92. The third-order valence-electron chi connectivity index (χ3n) is 3.58. The second-order valence-corrected chi connectivity index (χ2v) is 7.12. The van der Waals surface area contributed by atoms with Gasteiger partial charge in [0.05, 0.1) is 24.9 Å². The van der Waals surface area contributed by atoms with E-state index in [0.717, 1.165) is 13.3 Å². The van der Waals surface area contributed by atoms with Crippen molar-refractivity contribution in [3.05, 3.63) is 42.0 Å². The van der Waals surface area contributed by atoms with Crippen molar-refractivity contribution in [3.8, 4) is 17.8 Å². The number of fused-ring (bicyclic) bond motifs is 1. The molecule has 1 N–H and O–H groups in total. The molecule has 0 aliphatic carbocycles. The first-order valence-corrected chi connectivity index (χ1v) is 9.29. The first-order valence-electron chi connectivity index (χ1n) is 7.80. The molecule has 152 valence electrons. The number of anilines is 1. The van der Waals surface area contributed by atoms with Gasteiger partial charge < -0.3 is 9.47 Å². The summed E-state index contributed by atoms with van der Waals surface area (Å²) < 4.78 is 76.8. The van der Waals surface area contributed by atoms with E-state index in [-0.39, 0.29) is 27.8 Å². The molecule has 3 aromatic heterocycles. The van der Waals surface area contributed by atoms with E-state index in [1.807, 2.05) is 6.07 Å². The molecular weight excluding hydrogens is 415 g/mol. The number of hydrogen-bond acceptors (Lipinski definition) is 7. The zero-order valence-electron chi connectivity index (χ0n) is 14.6. The second-order valence-electron chi connectivity index (χ2n) is 5.49.